The second-order valence-electron chi connectivity index (χ2n) is 3.58. The molecule has 4 nitrogen and oxygen atoms in total. The fraction of sp³-hybridized carbons (Fsp3) is 0.0769. The van der Waals surface area contributed by atoms with Crippen molar-refractivity contribution in [2.45, 2.75) is 6.42 Å². The molecule has 0 fully saturated rings. The number of hydrogen-bond acceptors (Lipinski definition) is 3. The van der Waals surface area contributed by atoms with Crippen molar-refractivity contribution in [2.75, 3.05) is 0 Å². The molecule has 17 heavy (non-hydrogen) atoms. The Kier molecular flexibility index (Phi) is 3.05. The predicted molar refractivity (Wildman–Crippen MR) is 60.1 cm³/mol. The molecule has 1 aromatic carbocycles. The minimum absolute atomic E-state index is 0.127. The maximum absolute atomic E-state index is 11.7. The van der Waals surface area contributed by atoms with Gasteiger partial charge in [-0.1, -0.05) is 12.1 Å². The van der Waals surface area contributed by atoms with E-state index in [1.807, 2.05) is 0 Å². The number of carboxylic acids is 1. The van der Waals surface area contributed by atoms with Crippen LogP contribution in [0.4, 0.5) is 0 Å². The molecule has 0 amide bonds. The van der Waals surface area contributed by atoms with Gasteiger partial charge in [-0.05, 0) is 29.8 Å². The van der Waals surface area contributed by atoms with Gasteiger partial charge in [-0.15, -0.1) is 0 Å². The van der Waals surface area contributed by atoms with Crippen molar-refractivity contribution in [2.24, 2.45) is 0 Å². The lowest BCUT2D eigenvalue weighted by atomic mass is 10.1. The Morgan fingerprint density at radius 3 is 2.35 bits per heavy atom. The smallest absolute Gasteiger partial charge is 0.335 e. The summed E-state index contributed by atoms with van der Waals surface area (Å²) in [6.45, 7) is 0. The number of rotatable bonds is 4. The highest BCUT2D eigenvalue weighted by Gasteiger charge is 2.10. The van der Waals surface area contributed by atoms with E-state index in [9.17, 15) is 9.59 Å². The lowest BCUT2D eigenvalue weighted by Gasteiger charge is -1.99. The van der Waals surface area contributed by atoms with Gasteiger partial charge in [-0.3, -0.25) is 4.79 Å². The third kappa shape index (κ3) is 2.60. The summed E-state index contributed by atoms with van der Waals surface area (Å²) in [5, 5.41) is 8.73. The summed E-state index contributed by atoms with van der Waals surface area (Å²) in [6.07, 6.45) is 1.65. The molecule has 0 atom stereocenters. The molecular formula is C13H10O4. The summed E-state index contributed by atoms with van der Waals surface area (Å²) in [7, 11) is 0. The number of carbonyl (C=O) groups is 2. The molecule has 1 aromatic heterocycles. The second kappa shape index (κ2) is 4.65. The summed E-state index contributed by atoms with van der Waals surface area (Å²) in [4.78, 5) is 22.3. The normalized spacial score (nSPS) is 10.1. The first-order chi connectivity index (χ1) is 8.16. The van der Waals surface area contributed by atoms with Crippen LogP contribution in [0.1, 0.15) is 26.5 Å². The zero-order valence-corrected chi connectivity index (χ0v) is 8.92. The third-order valence-corrected chi connectivity index (χ3v) is 2.36. The molecule has 0 radical (unpaired) electrons. The number of furan rings is 1. The van der Waals surface area contributed by atoms with Crippen molar-refractivity contribution in [1.82, 2.24) is 0 Å². The largest absolute Gasteiger partial charge is 0.478 e. The van der Waals surface area contributed by atoms with Crippen LogP contribution in [0.5, 0.6) is 0 Å². The fourth-order valence-electron chi connectivity index (χ4n) is 1.47. The average molecular weight is 230 g/mol. The predicted octanol–water partition coefficient (Wildman–Crippen LogP) is 2.40. The van der Waals surface area contributed by atoms with Crippen LogP contribution in [-0.2, 0) is 6.42 Å². The van der Waals surface area contributed by atoms with Crippen LogP contribution in [-0.4, -0.2) is 16.9 Å². The van der Waals surface area contributed by atoms with E-state index in [0.29, 0.717) is 5.76 Å². The number of aromatic carboxylic acids is 1. The van der Waals surface area contributed by atoms with Gasteiger partial charge in [-0.2, -0.15) is 0 Å². The van der Waals surface area contributed by atoms with Gasteiger partial charge in [0.15, 0.2) is 5.76 Å². The van der Waals surface area contributed by atoms with E-state index < -0.39 is 5.97 Å². The van der Waals surface area contributed by atoms with Crippen molar-refractivity contribution in [3.8, 4) is 0 Å². The van der Waals surface area contributed by atoms with Gasteiger partial charge < -0.3 is 9.52 Å². The van der Waals surface area contributed by atoms with Crippen molar-refractivity contribution in [3.63, 3.8) is 0 Å². The van der Waals surface area contributed by atoms with Crippen LogP contribution in [0.2, 0.25) is 0 Å². The Balaban J connectivity index is 2.09. The standard InChI is InChI=1S/C13H10O4/c14-11(12-2-1-7-17-12)8-9-3-5-10(6-4-9)13(15)16/h1-7H,8H2,(H,15,16). The third-order valence-electron chi connectivity index (χ3n) is 2.36. The molecule has 0 aliphatic rings. The van der Waals surface area contributed by atoms with Gasteiger partial charge >= 0.3 is 5.97 Å². The lowest BCUT2D eigenvalue weighted by molar-refractivity contribution is 0.0696. The first kappa shape index (κ1) is 11.1. The molecule has 0 spiro atoms. The minimum atomic E-state index is -0.978. The SMILES string of the molecule is O=C(O)c1ccc(CC(=O)c2ccco2)cc1. The van der Waals surface area contributed by atoms with Crippen LogP contribution < -0.4 is 0 Å². The van der Waals surface area contributed by atoms with Gasteiger partial charge in [0.05, 0.1) is 11.8 Å². The van der Waals surface area contributed by atoms with Crippen molar-refractivity contribution in [1.29, 1.82) is 0 Å². The van der Waals surface area contributed by atoms with E-state index >= 15 is 0 Å². The van der Waals surface area contributed by atoms with Crippen molar-refractivity contribution in [3.05, 3.63) is 59.5 Å². The molecule has 0 saturated carbocycles. The Morgan fingerprint density at radius 1 is 1.12 bits per heavy atom. The van der Waals surface area contributed by atoms with E-state index in [4.69, 9.17) is 9.52 Å². The van der Waals surface area contributed by atoms with Gasteiger partial charge in [0.1, 0.15) is 0 Å². The summed E-state index contributed by atoms with van der Waals surface area (Å²) >= 11 is 0. The molecule has 0 unspecified atom stereocenters. The van der Waals surface area contributed by atoms with Crippen LogP contribution in [0, 0.1) is 0 Å². The molecule has 2 rings (SSSR count). The van der Waals surface area contributed by atoms with Crippen LogP contribution >= 0.6 is 0 Å². The van der Waals surface area contributed by atoms with Crippen molar-refractivity contribution < 1.29 is 19.1 Å². The average Bonchev–Trinajstić information content (AvgIpc) is 2.83. The first-order valence-electron chi connectivity index (χ1n) is 5.06. The van der Waals surface area contributed by atoms with Crippen LogP contribution in [0.25, 0.3) is 0 Å². The Labute approximate surface area is 97.5 Å². The highest BCUT2D eigenvalue weighted by molar-refractivity contribution is 5.95. The lowest BCUT2D eigenvalue weighted by Crippen LogP contribution is -2.03. The molecule has 1 heterocycles. The minimum Gasteiger partial charge on any atom is -0.478 e. The number of carbonyl (C=O) groups excluding carboxylic acids is 1. The molecule has 4 heteroatoms. The second-order valence-corrected chi connectivity index (χ2v) is 3.58. The Bertz CT molecular complexity index is 523. The summed E-state index contributed by atoms with van der Waals surface area (Å²) in [5.41, 5.74) is 0.968. The van der Waals surface area contributed by atoms with Gasteiger partial charge in [0.25, 0.3) is 0 Å². The van der Waals surface area contributed by atoms with E-state index in [2.05, 4.69) is 0 Å². The van der Waals surface area contributed by atoms with Crippen LogP contribution in [0.15, 0.2) is 47.1 Å². The van der Waals surface area contributed by atoms with E-state index in [1.54, 1.807) is 24.3 Å². The van der Waals surface area contributed by atoms with Gasteiger partial charge in [-0.25, -0.2) is 4.79 Å². The van der Waals surface area contributed by atoms with E-state index in [-0.39, 0.29) is 17.8 Å². The number of carboxylic acid groups (broad SMARTS) is 1. The van der Waals surface area contributed by atoms with E-state index in [1.165, 1.54) is 18.4 Å². The van der Waals surface area contributed by atoms with Gasteiger partial charge in [0.2, 0.25) is 5.78 Å². The van der Waals surface area contributed by atoms with Gasteiger partial charge in [0, 0.05) is 6.42 Å². The molecule has 0 aliphatic carbocycles. The molecule has 86 valence electrons. The summed E-state index contributed by atoms with van der Waals surface area (Å²) in [5.74, 6) is -0.792. The summed E-state index contributed by atoms with van der Waals surface area (Å²) < 4.78 is 4.99. The zero-order valence-electron chi connectivity index (χ0n) is 8.92. The quantitative estimate of drug-likeness (QED) is 0.819. The summed E-state index contributed by atoms with van der Waals surface area (Å²) in [6, 6.07) is 9.48. The van der Waals surface area contributed by atoms with E-state index in [0.717, 1.165) is 5.56 Å². The number of Topliss-reactive ketones (excluding diaryl/α,β-unsaturated/α-hetero) is 1. The zero-order chi connectivity index (χ0) is 12.3. The molecule has 0 saturated heterocycles. The molecule has 0 bridgehead atoms. The Morgan fingerprint density at radius 2 is 1.82 bits per heavy atom. The van der Waals surface area contributed by atoms with Crippen LogP contribution in [0.3, 0.4) is 0 Å². The number of hydrogen-bond donors (Lipinski definition) is 1. The maximum atomic E-state index is 11.7. The highest BCUT2D eigenvalue weighted by atomic mass is 16.4. The molecule has 1 N–H and O–H groups in total. The first-order valence-corrected chi connectivity index (χ1v) is 5.06. The molecular weight excluding hydrogens is 220 g/mol. The fourth-order valence-corrected chi connectivity index (χ4v) is 1.47. The highest BCUT2D eigenvalue weighted by Crippen LogP contribution is 2.09. The monoisotopic (exact) mass is 230 g/mol. The Hall–Kier alpha value is -2.36. The number of benzene rings is 1. The molecule has 0 aliphatic heterocycles. The number of ketones is 1. The topological polar surface area (TPSA) is 67.5 Å². The van der Waals surface area contributed by atoms with Crippen molar-refractivity contribution >= 4 is 11.8 Å². The maximum Gasteiger partial charge on any atom is 0.335 e. The molecule has 2 aromatic rings.